The highest BCUT2D eigenvalue weighted by Gasteiger charge is 2.48. The predicted octanol–water partition coefficient (Wildman–Crippen LogP) is 1.72. The first-order chi connectivity index (χ1) is 14.2. The summed E-state index contributed by atoms with van der Waals surface area (Å²) in [6.07, 6.45) is 2.70. The topological polar surface area (TPSA) is 100 Å². The van der Waals surface area contributed by atoms with Gasteiger partial charge in [-0.2, -0.15) is 0 Å². The first-order valence-electron chi connectivity index (χ1n) is 9.69. The maximum absolute atomic E-state index is 13.8. The minimum atomic E-state index is -0.961. The normalized spacial score (nSPS) is 22.9. The van der Waals surface area contributed by atoms with Crippen molar-refractivity contribution in [3.05, 3.63) is 63.1 Å². The van der Waals surface area contributed by atoms with Crippen LogP contribution in [0.2, 0.25) is 0 Å². The number of piperidine rings is 1. The summed E-state index contributed by atoms with van der Waals surface area (Å²) in [4.78, 5) is 38.2. The van der Waals surface area contributed by atoms with Gasteiger partial charge in [-0.15, -0.1) is 0 Å². The number of rotatable bonds is 3. The highest BCUT2D eigenvalue weighted by atomic mass is 19.1. The van der Waals surface area contributed by atoms with E-state index >= 15 is 0 Å². The molecule has 1 amide bonds. The zero-order valence-electron chi connectivity index (χ0n) is 16.3. The smallest absolute Gasteiger partial charge is 0.257 e. The molecule has 1 saturated heterocycles. The number of ketones is 1. The molecule has 3 N–H and O–H groups in total. The highest BCUT2D eigenvalue weighted by molar-refractivity contribution is 6.03. The van der Waals surface area contributed by atoms with Crippen LogP contribution in [0.4, 0.5) is 8.78 Å². The molecular weight excluding hydrogens is 396 g/mol. The van der Waals surface area contributed by atoms with E-state index in [1.165, 1.54) is 16.8 Å². The molecule has 3 heterocycles. The SMILES string of the molecule is CC12CCCNC1Cn1cc(C(=O)NCc3ccc(F)cc3F)c(=O)c(O)c1C2=O. The Morgan fingerprint density at radius 1 is 1.37 bits per heavy atom. The number of hydrogen-bond donors (Lipinski definition) is 3. The maximum atomic E-state index is 13.8. The van der Waals surface area contributed by atoms with Crippen molar-refractivity contribution in [2.24, 2.45) is 5.41 Å². The van der Waals surface area contributed by atoms with Crippen molar-refractivity contribution in [1.82, 2.24) is 15.2 Å². The van der Waals surface area contributed by atoms with Crippen LogP contribution in [-0.4, -0.2) is 34.0 Å². The first kappa shape index (κ1) is 20.2. The van der Waals surface area contributed by atoms with E-state index in [1.54, 1.807) is 0 Å². The molecule has 2 atom stereocenters. The molecule has 1 aromatic carbocycles. The van der Waals surface area contributed by atoms with Crippen molar-refractivity contribution in [2.45, 2.75) is 38.9 Å². The lowest BCUT2D eigenvalue weighted by atomic mass is 9.69. The molecule has 9 heteroatoms. The van der Waals surface area contributed by atoms with Crippen LogP contribution in [0.15, 0.2) is 29.2 Å². The predicted molar refractivity (Wildman–Crippen MR) is 103 cm³/mol. The third kappa shape index (κ3) is 3.19. The molecule has 158 valence electrons. The summed E-state index contributed by atoms with van der Waals surface area (Å²) in [7, 11) is 0. The lowest BCUT2D eigenvalue weighted by Crippen LogP contribution is -2.58. The fourth-order valence-corrected chi connectivity index (χ4v) is 4.27. The van der Waals surface area contributed by atoms with Gasteiger partial charge in [0.25, 0.3) is 5.91 Å². The van der Waals surface area contributed by atoms with Crippen molar-refractivity contribution in [2.75, 3.05) is 6.54 Å². The Morgan fingerprint density at radius 2 is 2.13 bits per heavy atom. The lowest BCUT2D eigenvalue weighted by molar-refractivity contribution is 0.0574. The van der Waals surface area contributed by atoms with E-state index in [-0.39, 0.29) is 35.2 Å². The second-order valence-electron chi connectivity index (χ2n) is 8.00. The second-order valence-corrected chi connectivity index (χ2v) is 8.00. The fourth-order valence-electron chi connectivity index (χ4n) is 4.27. The van der Waals surface area contributed by atoms with E-state index in [0.29, 0.717) is 19.0 Å². The van der Waals surface area contributed by atoms with Gasteiger partial charge in [0.2, 0.25) is 5.43 Å². The van der Waals surface area contributed by atoms with Crippen LogP contribution >= 0.6 is 0 Å². The van der Waals surface area contributed by atoms with Crippen molar-refractivity contribution in [3.63, 3.8) is 0 Å². The number of aromatic hydroxyl groups is 1. The Morgan fingerprint density at radius 3 is 2.87 bits per heavy atom. The van der Waals surface area contributed by atoms with Gasteiger partial charge in [-0.05, 0) is 25.5 Å². The number of hydrogen-bond acceptors (Lipinski definition) is 5. The molecule has 0 aliphatic carbocycles. The van der Waals surface area contributed by atoms with E-state index < -0.39 is 34.1 Å². The van der Waals surface area contributed by atoms with E-state index in [2.05, 4.69) is 10.6 Å². The average Bonchev–Trinajstić information content (AvgIpc) is 2.70. The molecule has 30 heavy (non-hydrogen) atoms. The molecule has 0 radical (unpaired) electrons. The summed E-state index contributed by atoms with van der Waals surface area (Å²) < 4.78 is 28.2. The van der Waals surface area contributed by atoms with Crippen molar-refractivity contribution in [3.8, 4) is 5.75 Å². The van der Waals surface area contributed by atoms with Crippen molar-refractivity contribution >= 4 is 11.7 Å². The van der Waals surface area contributed by atoms with Crippen LogP contribution in [0, 0.1) is 17.0 Å². The number of benzene rings is 1. The Balaban J connectivity index is 1.64. The second kappa shape index (κ2) is 7.32. The number of pyridine rings is 1. The molecular formula is C21H21F2N3O4. The standard InChI is InChI=1S/C21H21F2N3O4/c1-21-5-2-6-24-15(21)10-26-9-13(17(27)18(28)16(26)19(21)29)20(30)25-8-11-3-4-12(22)7-14(11)23/h3-4,7,9,15,24,28H,2,5-6,8,10H2,1H3,(H,25,30). The van der Waals surface area contributed by atoms with Gasteiger partial charge in [0.15, 0.2) is 11.5 Å². The third-order valence-corrected chi connectivity index (χ3v) is 6.10. The van der Waals surface area contributed by atoms with E-state index in [1.807, 2.05) is 6.92 Å². The minimum absolute atomic E-state index is 0.0457. The summed E-state index contributed by atoms with van der Waals surface area (Å²) in [5.74, 6) is -3.49. The van der Waals surface area contributed by atoms with Crippen LogP contribution in [0.5, 0.6) is 5.75 Å². The van der Waals surface area contributed by atoms with Crippen LogP contribution in [-0.2, 0) is 13.1 Å². The summed E-state index contributed by atoms with van der Waals surface area (Å²) in [6.45, 7) is 2.62. The fraction of sp³-hybridized carbons (Fsp3) is 0.381. The van der Waals surface area contributed by atoms with Crippen LogP contribution in [0.25, 0.3) is 0 Å². The molecule has 0 spiro atoms. The number of carbonyl (C=O) groups excluding carboxylic acids is 2. The molecule has 2 unspecified atom stereocenters. The number of nitrogens with zero attached hydrogens (tertiary/aromatic N) is 1. The number of aromatic nitrogens is 1. The Labute approximate surface area is 170 Å². The summed E-state index contributed by atoms with van der Waals surface area (Å²) in [5, 5.41) is 16.1. The van der Waals surface area contributed by atoms with Gasteiger partial charge >= 0.3 is 0 Å². The van der Waals surface area contributed by atoms with E-state index in [4.69, 9.17) is 0 Å². The quantitative estimate of drug-likeness (QED) is 0.706. The monoisotopic (exact) mass is 417 g/mol. The lowest BCUT2D eigenvalue weighted by Gasteiger charge is -2.45. The molecule has 0 saturated carbocycles. The minimum Gasteiger partial charge on any atom is -0.503 e. The molecule has 0 bridgehead atoms. The van der Waals surface area contributed by atoms with Crippen LogP contribution in [0.3, 0.4) is 0 Å². The Kier molecular flexibility index (Phi) is 4.93. The first-order valence-corrected chi connectivity index (χ1v) is 9.69. The van der Waals surface area contributed by atoms with Crippen LogP contribution in [0.1, 0.15) is 46.2 Å². The average molecular weight is 417 g/mol. The number of amides is 1. The Bertz CT molecular complexity index is 1110. The highest BCUT2D eigenvalue weighted by Crippen LogP contribution is 2.40. The summed E-state index contributed by atoms with van der Waals surface area (Å²) >= 11 is 0. The molecule has 2 aliphatic heterocycles. The molecule has 1 aromatic heterocycles. The number of nitrogens with one attached hydrogen (secondary N) is 2. The maximum Gasteiger partial charge on any atom is 0.257 e. The number of fused-ring (bicyclic) bond motifs is 2. The Hall–Kier alpha value is -3.07. The largest absolute Gasteiger partial charge is 0.503 e. The molecule has 7 nitrogen and oxygen atoms in total. The number of carbonyl (C=O) groups is 2. The van der Waals surface area contributed by atoms with Crippen molar-refractivity contribution in [1.29, 1.82) is 0 Å². The van der Waals surface area contributed by atoms with Gasteiger partial charge in [-0.25, -0.2) is 8.78 Å². The summed E-state index contributed by atoms with van der Waals surface area (Å²) in [5.41, 5.74) is -2.09. The molecule has 4 rings (SSSR count). The van der Waals surface area contributed by atoms with Crippen LogP contribution < -0.4 is 16.1 Å². The third-order valence-electron chi connectivity index (χ3n) is 6.10. The zero-order chi connectivity index (χ0) is 21.6. The number of Topliss-reactive ketones (excluding diaryl/α,β-unsaturated/α-hetero) is 1. The molecule has 2 aliphatic rings. The summed E-state index contributed by atoms with van der Waals surface area (Å²) in [6, 6.07) is 2.76. The van der Waals surface area contributed by atoms with Gasteiger partial charge in [0, 0.05) is 42.4 Å². The van der Waals surface area contributed by atoms with Gasteiger partial charge in [0.1, 0.15) is 22.9 Å². The molecule has 1 fully saturated rings. The van der Waals surface area contributed by atoms with E-state index in [0.717, 1.165) is 19.0 Å². The number of halogens is 2. The van der Waals surface area contributed by atoms with Gasteiger partial charge in [-0.3, -0.25) is 14.4 Å². The van der Waals surface area contributed by atoms with E-state index in [9.17, 15) is 28.3 Å². The molecule has 2 aromatic rings. The zero-order valence-corrected chi connectivity index (χ0v) is 16.3. The van der Waals surface area contributed by atoms with Crippen molar-refractivity contribution < 1.29 is 23.5 Å². The van der Waals surface area contributed by atoms with Gasteiger partial charge in [-0.1, -0.05) is 13.0 Å². The van der Waals surface area contributed by atoms with Gasteiger partial charge < -0.3 is 20.3 Å². The van der Waals surface area contributed by atoms with Gasteiger partial charge in [0.05, 0.1) is 0 Å².